The van der Waals surface area contributed by atoms with Gasteiger partial charge < -0.3 is 16.2 Å². The van der Waals surface area contributed by atoms with Crippen LogP contribution in [0.2, 0.25) is 0 Å². The molecule has 0 aliphatic carbocycles. The molecular weight excluding hydrogens is 220 g/mol. The lowest BCUT2D eigenvalue weighted by molar-refractivity contribution is 0.286. The summed E-state index contributed by atoms with van der Waals surface area (Å²) < 4.78 is 25.9. The molecule has 7 heteroatoms. The van der Waals surface area contributed by atoms with Crippen molar-refractivity contribution in [3.63, 3.8) is 0 Å². The average Bonchev–Trinajstić information content (AvgIpc) is 2.08. The summed E-state index contributed by atoms with van der Waals surface area (Å²) in [5, 5.41) is 11.6. The van der Waals surface area contributed by atoms with Gasteiger partial charge >= 0.3 is 0 Å². The van der Waals surface area contributed by atoms with Crippen LogP contribution in [0.3, 0.4) is 0 Å². The third-order valence-corrected chi connectivity index (χ3v) is 1.32. The highest BCUT2D eigenvalue weighted by atomic mass is 32.2. The predicted molar refractivity (Wildman–Crippen MR) is 60.3 cm³/mol. The maximum Gasteiger partial charge on any atom is 0.261 e. The van der Waals surface area contributed by atoms with E-state index in [1.807, 2.05) is 0 Å². The lowest BCUT2D eigenvalue weighted by atomic mass is 10.3. The second kappa shape index (κ2) is 11.9. The van der Waals surface area contributed by atoms with Gasteiger partial charge in [0.2, 0.25) is 0 Å². The third kappa shape index (κ3) is 41.6. The highest BCUT2D eigenvalue weighted by Crippen LogP contribution is 1.82. The van der Waals surface area contributed by atoms with Crippen molar-refractivity contribution in [2.24, 2.45) is 5.73 Å². The molecule has 0 unspecified atom stereocenters. The second-order valence-corrected chi connectivity index (χ2v) is 4.52. The Labute approximate surface area is 91.6 Å². The second-order valence-electron chi connectivity index (χ2n) is 3.06. The van der Waals surface area contributed by atoms with Crippen LogP contribution in [0, 0.1) is 0 Å². The zero-order chi connectivity index (χ0) is 12.2. The van der Waals surface area contributed by atoms with E-state index in [2.05, 4.69) is 5.32 Å². The van der Waals surface area contributed by atoms with Crippen LogP contribution in [0.25, 0.3) is 0 Å². The van der Waals surface area contributed by atoms with Crippen molar-refractivity contribution < 1.29 is 18.1 Å². The topological polar surface area (TPSA) is 113 Å². The monoisotopic (exact) mass is 242 g/mol. The molecule has 0 aromatic carbocycles. The number of unbranched alkanes of at least 4 members (excludes halogenated alkanes) is 1. The average molecular weight is 242 g/mol. The van der Waals surface area contributed by atoms with Crippen LogP contribution in [0.5, 0.6) is 0 Å². The summed E-state index contributed by atoms with van der Waals surface area (Å²) in [5.74, 6) is 0. The first-order chi connectivity index (χ1) is 6.91. The van der Waals surface area contributed by atoms with E-state index in [-0.39, 0.29) is 6.61 Å². The van der Waals surface area contributed by atoms with Gasteiger partial charge in [-0.1, -0.05) is 0 Å². The Kier molecular flexibility index (Phi) is 13.6. The summed E-state index contributed by atoms with van der Waals surface area (Å²) in [6, 6.07) is 0. The maximum absolute atomic E-state index is 9.19. The molecule has 0 saturated heterocycles. The van der Waals surface area contributed by atoms with Gasteiger partial charge in [0.15, 0.2) is 0 Å². The zero-order valence-electron chi connectivity index (χ0n) is 9.15. The van der Waals surface area contributed by atoms with Crippen molar-refractivity contribution in [2.45, 2.75) is 19.3 Å². The van der Waals surface area contributed by atoms with E-state index in [9.17, 15) is 8.42 Å². The molecule has 0 heterocycles. The standard InChI is InChI=1S/C7H18N2O.CH4O3S/c8-4-1-2-5-9-6-3-7-10;1-5(2,3)4/h9-10H,1-8H2;1H3,(H,2,3,4). The Hall–Kier alpha value is -0.210. The zero-order valence-corrected chi connectivity index (χ0v) is 9.96. The Morgan fingerprint density at radius 2 is 1.67 bits per heavy atom. The van der Waals surface area contributed by atoms with Crippen LogP contribution in [0.15, 0.2) is 0 Å². The van der Waals surface area contributed by atoms with Crippen molar-refractivity contribution in [2.75, 3.05) is 32.5 Å². The van der Waals surface area contributed by atoms with Crippen LogP contribution in [-0.2, 0) is 10.1 Å². The van der Waals surface area contributed by atoms with Crippen LogP contribution in [0.1, 0.15) is 19.3 Å². The first kappa shape index (κ1) is 17.2. The molecule has 5 N–H and O–H groups in total. The van der Waals surface area contributed by atoms with Crippen LogP contribution < -0.4 is 11.1 Å². The molecule has 0 amide bonds. The summed E-state index contributed by atoms with van der Waals surface area (Å²) in [6.45, 7) is 3.00. The summed E-state index contributed by atoms with van der Waals surface area (Å²) in [7, 11) is -3.67. The molecule has 0 spiro atoms. The first-order valence-corrected chi connectivity index (χ1v) is 6.70. The van der Waals surface area contributed by atoms with Crippen molar-refractivity contribution in [3.8, 4) is 0 Å². The number of nitrogens with one attached hydrogen (secondary N) is 1. The van der Waals surface area contributed by atoms with Crippen LogP contribution in [-0.4, -0.2) is 50.6 Å². The molecule has 0 aliphatic heterocycles. The van der Waals surface area contributed by atoms with E-state index in [0.717, 1.165) is 38.9 Å². The van der Waals surface area contributed by atoms with E-state index < -0.39 is 10.1 Å². The van der Waals surface area contributed by atoms with Gasteiger partial charge in [0, 0.05) is 6.61 Å². The Morgan fingerprint density at radius 3 is 2.07 bits per heavy atom. The normalized spacial score (nSPS) is 10.7. The van der Waals surface area contributed by atoms with Gasteiger partial charge in [-0.2, -0.15) is 8.42 Å². The smallest absolute Gasteiger partial charge is 0.261 e. The number of aliphatic hydroxyl groups is 1. The number of hydrogen-bond donors (Lipinski definition) is 4. The van der Waals surface area contributed by atoms with E-state index in [4.69, 9.17) is 15.4 Å². The van der Waals surface area contributed by atoms with Gasteiger partial charge in [-0.3, -0.25) is 4.55 Å². The molecule has 0 aromatic rings. The molecular formula is C8H22N2O4S. The SMILES string of the molecule is CS(=O)(=O)O.NCCCCNCCCO. The van der Waals surface area contributed by atoms with Gasteiger partial charge in [-0.15, -0.1) is 0 Å². The summed E-state index contributed by atoms with van der Waals surface area (Å²) in [6.07, 6.45) is 3.80. The number of hydrogen-bond acceptors (Lipinski definition) is 5. The van der Waals surface area contributed by atoms with E-state index in [0.29, 0.717) is 6.26 Å². The minimum Gasteiger partial charge on any atom is -0.396 e. The quantitative estimate of drug-likeness (QED) is 0.343. The van der Waals surface area contributed by atoms with Gasteiger partial charge in [-0.25, -0.2) is 0 Å². The molecule has 0 fully saturated rings. The number of aliphatic hydroxyl groups excluding tert-OH is 1. The highest BCUT2D eigenvalue weighted by Gasteiger charge is 1.85. The van der Waals surface area contributed by atoms with Crippen molar-refractivity contribution in [1.82, 2.24) is 5.32 Å². The molecule has 15 heavy (non-hydrogen) atoms. The first-order valence-electron chi connectivity index (χ1n) is 4.86. The summed E-state index contributed by atoms with van der Waals surface area (Å²) in [4.78, 5) is 0. The van der Waals surface area contributed by atoms with Gasteiger partial charge in [-0.05, 0) is 38.9 Å². The van der Waals surface area contributed by atoms with Crippen molar-refractivity contribution in [3.05, 3.63) is 0 Å². The van der Waals surface area contributed by atoms with Crippen LogP contribution in [0.4, 0.5) is 0 Å². The number of nitrogens with two attached hydrogens (primary N) is 1. The predicted octanol–water partition coefficient (Wildman–Crippen LogP) is -0.799. The molecule has 0 aromatic heterocycles. The van der Waals surface area contributed by atoms with Gasteiger partial charge in [0.25, 0.3) is 10.1 Å². The maximum atomic E-state index is 9.19. The Balaban J connectivity index is 0. The Bertz CT molecular complexity index is 191. The highest BCUT2D eigenvalue weighted by molar-refractivity contribution is 7.85. The summed E-state index contributed by atoms with van der Waals surface area (Å²) >= 11 is 0. The van der Waals surface area contributed by atoms with Crippen molar-refractivity contribution in [1.29, 1.82) is 0 Å². The fourth-order valence-electron chi connectivity index (χ4n) is 0.723. The van der Waals surface area contributed by atoms with Gasteiger partial charge in [0.1, 0.15) is 0 Å². The lowest BCUT2D eigenvalue weighted by Crippen LogP contribution is -2.18. The summed E-state index contributed by atoms with van der Waals surface area (Å²) in [5.41, 5.74) is 5.30. The van der Waals surface area contributed by atoms with Crippen molar-refractivity contribution >= 4 is 10.1 Å². The van der Waals surface area contributed by atoms with Gasteiger partial charge in [0.05, 0.1) is 6.26 Å². The molecule has 0 bridgehead atoms. The minimum absolute atomic E-state index is 0.282. The molecule has 0 aliphatic rings. The molecule has 6 nitrogen and oxygen atoms in total. The minimum atomic E-state index is -3.67. The largest absolute Gasteiger partial charge is 0.396 e. The van der Waals surface area contributed by atoms with E-state index in [1.165, 1.54) is 0 Å². The fourth-order valence-corrected chi connectivity index (χ4v) is 0.723. The molecule has 0 radical (unpaired) electrons. The molecule has 0 atom stereocenters. The molecule has 94 valence electrons. The third-order valence-electron chi connectivity index (χ3n) is 1.32. The molecule has 0 rings (SSSR count). The fraction of sp³-hybridized carbons (Fsp3) is 1.00. The molecule has 0 saturated carbocycles. The Morgan fingerprint density at radius 1 is 1.20 bits per heavy atom. The van der Waals surface area contributed by atoms with E-state index >= 15 is 0 Å². The van der Waals surface area contributed by atoms with Crippen LogP contribution >= 0.6 is 0 Å². The van der Waals surface area contributed by atoms with E-state index in [1.54, 1.807) is 0 Å². The number of rotatable bonds is 7. The lowest BCUT2D eigenvalue weighted by Gasteiger charge is -2.00.